The standard InChI is InChI=1S/C12H19/c1-2-4-6-11(5-3-1)12-7-10(8-12)9-12/h10H,1-9H2. The molecule has 0 spiro atoms. The van der Waals surface area contributed by atoms with Gasteiger partial charge in [0.15, 0.2) is 0 Å². The Bertz CT molecular complexity index is 157. The molecule has 4 rings (SSSR count). The van der Waals surface area contributed by atoms with Crippen molar-refractivity contribution in [2.75, 3.05) is 0 Å². The molecule has 4 aliphatic carbocycles. The van der Waals surface area contributed by atoms with Crippen molar-refractivity contribution in [2.45, 2.75) is 57.8 Å². The van der Waals surface area contributed by atoms with E-state index in [1.54, 1.807) is 19.3 Å². The van der Waals surface area contributed by atoms with Gasteiger partial charge >= 0.3 is 0 Å². The van der Waals surface area contributed by atoms with E-state index in [-0.39, 0.29) is 0 Å². The van der Waals surface area contributed by atoms with E-state index in [0.717, 1.165) is 5.41 Å². The number of hydrogen-bond acceptors (Lipinski definition) is 0. The molecule has 4 aliphatic rings. The molecule has 0 unspecified atom stereocenters. The van der Waals surface area contributed by atoms with Gasteiger partial charge in [0, 0.05) is 0 Å². The van der Waals surface area contributed by atoms with Gasteiger partial charge in [0.2, 0.25) is 0 Å². The highest BCUT2D eigenvalue weighted by atomic mass is 14.6. The van der Waals surface area contributed by atoms with Crippen LogP contribution in [0.4, 0.5) is 0 Å². The van der Waals surface area contributed by atoms with Gasteiger partial charge in [-0.2, -0.15) is 0 Å². The summed E-state index contributed by atoms with van der Waals surface area (Å²) in [6.45, 7) is 0. The van der Waals surface area contributed by atoms with Crippen molar-refractivity contribution in [1.82, 2.24) is 0 Å². The molecular formula is C12H19. The summed E-state index contributed by atoms with van der Waals surface area (Å²) in [6, 6.07) is 0. The predicted octanol–water partition coefficient (Wildman–Crippen LogP) is 3.72. The van der Waals surface area contributed by atoms with Crippen LogP contribution in [0.3, 0.4) is 0 Å². The monoisotopic (exact) mass is 163 g/mol. The fourth-order valence-corrected chi connectivity index (χ4v) is 3.60. The van der Waals surface area contributed by atoms with Crippen LogP contribution in [0.5, 0.6) is 0 Å². The maximum Gasteiger partial charge on any atom is -0.0179 e. The van der Waals surface area contributed by atoms with Gasteiger partial charge in [0.1, 0.15) is 0 Å². The highest BCUT2D eigenvalue weighted by molar-refractivity contribution is 5.22. The van der Waals surface area contributed by atoms with Crippen LogP contribution in [0.1, 0.15) is 57.8 Å². The van der Waals surface area contributed by atoms with E-state index < -0.39 is 0 Å². The van der Waals surface area contributed by atoms with Gasteiger partial charge < -0.3 is 0 Å². The van der Waals surface area contributed by atoms with Gasteiger partial charge in [0.05, 0.1) is 0 Å². The quantitative estimate of drug-likeness (QED) is 0.517. The molecule has 1 radical (unpaired) electrons. The van der Waals surface area contributed by atoms with Crippen LogP contribution in [-0.4, -0.2) is 0 Å². The molecule has 67 valence electrons. The van der Waals surface area contributed by atoms with Crippen molar-refractivity contribution in [3.63, 3.8) is 0 Å². The minimum Gasteiger partial charge on any atom is -0.0533 e. The molecule has 0 aromatic heterocycles. The van der Waals surface area contributed by atoms with Crippen LogP contribution in [0.25, 0.3) is 0 Å². The first-order chi connectivity index (χ1) is 5.89. The van der Waals surface area contributed by atoms with E-state index in [1.165, 1.54) is 44.4 Å². The second-order valence-electron chi connectivity index (χ2n) is 5.28. The zero-order chi connectivity index (χ0) is 8.02. The molecule has 0 atom stereocenters. The highest BCUT2D eigenvalue weighted by Gasteiger charge is 2.59. The fraction of sp³-hybridized carbons (Fsp3) is 0.917. The topological polar surface area (TPSA) is 0 Å². The second kappa shape index (κ2) is 2.49. The van der Waals surface area contributed by atoms with Crippen LogP contribution in [0.2, 0.25) is 0 Å². The van der Waals surface area contributed by atoms with E-state index in [2.05, 4.69) is 0 Å². The fourth-order valence-electron chi connectivity index (χ4n) is 3.60. The molecule has 0 aromatic carbocycles. The lowest BCUT2D eigenvalue weighted by atomic mass is 9.39. The zero-order valence-electron chi connectivity index (χ0n) is 7.94. The molecular weight excluding hydrogens is 144 g/mol. The molecule has 0 amide bonds. The summed E-state index contributed by atoms with van der Waals surface area (Å²) in [5, 5.41) is 0. The summed E-state index contributed by atoms with van der Waals surface area (Å²) in [6.07, 6.45) is 13.8. The molecule has 0 heteroatoms. The van der Waals surface area contributed by atoms with E-state index in [0.29, 0.717) is 0 Å². The Labute approximate surface area is 75.7 Å². The van der Waals surface area contributed by atoms with Gasteiger partial charge in [-0.3, -0.25) is 0 Å². The van der Waals surface area contributed by atoms with E-state index in [1.807, 2.05) is 5.92 Å². The minimum absolute atomic E-state index is 0.842. The Morgan fingerprint density at radius 1 is 0.833 bits per heavy atom. The van der Waals surface area contributed by atoms with E-state index in [9.17, 15) is 0 Å². The number of hydrogen-bond donors (Lipinski definition) is 0. The smallest absolute Gasteiger partial charge is 0.0179 e. The van der Waals surface area contributed by atoms with Crippen LogP contribution in [0.15, 0.2) is 0 Å². The van der Waals surface area contributed by atoms with Crippen LogP contribution >= 0.6 is 0 Å². The van der Waals surface area contributed by atoms with Gasteiger partial charge in [-0.05, 0) is 49.4 Å². The van der Waals surface area contributed by atoms with Gasteiger partial charge in [-0.1, -0.05) is 25.7 Å². The van der Waals surface area contributed by atoms with Gasteiger partial charge in [-0.25, -0.2) is 0 Å². The molecule has 0 heterocycles. The lowest BCUT2D eigenvalue weighted by molar-refractivity contribution is -0.0967. The van der Waals surface area contributed by atoms with Crippen LogP contribution in [-0.2, 0) is 0 Å². The van der Waals surface area contributed by atoms with Gasteiger partial charge in [0.25, 0.3) is 0 Å². The van der Waals surface area contributed by atoms with Gasteiger partial charge in [-0.15, -0.1) is 0 Å². The number of rotatable bonds is 1. The van der Waals surface area contributed by atoms with Crippen molar-refractivity contribution in [2.24, 2.45) is 11.3 Å². The Kier molecular flexibility index (Phi) is 1.54. The summed E-state index contributed by atoms with van der Waals surface area (Å²) < 4.78 is 0. The maximum absolute atomic E-state index is 1.99. The van der Waals surface area contributed by atoms with E-state index in [4.69, 9.17) is 0 Å². The average molecular weight is 163 g/mol. The molecule has 2 bridgehead atoms. The Hall–Kier alpha value is 0. The minimum atomic E-state index is 0.842. The lowest BCUT2D eigenvalue weighted by Gasteiger charge is -2.65. The summed E-state index contributed by atoms with van der Waals surface area (Å²) in [7, 11) is 0. The predicted molar refractivity (Wildman–Crippen MR) is 50.7 cm³/mol. The largest absolute Gasteiger partial charge is 0.0533 e. The first-order valence-electron chi connectivity index (χ1n) is 5.74. The van der Waals surface area contributed by atoms with Crippen molar-refractivity contribution in [3.8, 4) is 0 Å². The molecule has 4 saturated carbocycles. The summed E-state index contributed by atoms with van der Waals surface area (Å²) >= 11 is 0. The Balaban J connectivity index is 1.66. The third-order valence-corrected chi connectivity index (χ3v) is 4.50. The van der Waals surface area contributed by atoms with Crippen LogP contribution < -0.4 is 0 Å². The molecule has 4 fully saturated rings. The first-order valence-corrected chi connectivity index (χ1v) is 5.74. The third-order valence-electron chi connectivity index (χ3n) is 4.50. The first kappa shape index (κ1) is 7.41. The van der Waals surface area contributed by atoms with Crippen molar-refractivity contribution < 1.29 is 0 Å². The summed E-state index contributed by atoms with van der Waals surface area (Å²) in [4.78, 5) is 0. The second-order valence-corrected chi connectivity index (χ2v) is 5.28. The molecule has 0 aromatic rings. The van der Waals surface area contributed by atoms with Crippen LogP contribution in [0, 0.1) is 17.3 Å². The molecule has 0 nitrogen and oxygen atoms in total. The van der Waals surface area contributed by atoms with E-state index >= 15 is 0 Å². The van der Waals surface area contributed by atoms with Crippen molar-refractivity contribution >= 4 is 0 Å². The molecule has 0 saturated heterocycles. The van der Waals surface area contributed by atoms with Crippen molar-refractivity contribution in [3.05, 3.63) is 5.92 Å². The molecule has 12 heavy (non-hydrogen) atoms. The highest BCUT2D eigenvalue weighted by Crippen LogP contribution is 2.70. The summed E-state index contributed by atoms with van der Waals surface area (Å²) in [5.41, 5.74) is 0.842. The Morgan fingerprint density at radius 2 is 1.42 bits per heavy atom. The zero-order valence-corrected chi connectivity index (χ0v) is 7.94. The average Bonchev–Trinajstić information content (AvgIpc) is 2.08. The third kappa shape index (κ3) is 0.900. The summed E-state index contributed by atoms with van der Waals surface area (Å²) in [5.74, 6) is 3.16. The normalized spacial score (nSPS) is 47.5. The lowest BCUT2D eigenvalue weighted by Crippen LogP contribution is -2.55. The maximum atomic E-state index is 1.99. The Morgan fingerprint density at radius 3 is 1.83 bits per heavy atom. The van der Waals surface area contributed by atoms with Crippen molar-refractivity contribution in [1.29, 1.82) is 0 Å². The SMILES string of the molecule is C1CCC[C](C23CC(C2)C3)CC1. The molecule has 0 aliphatic heterocycles. The molecule has 0 N–H and O–H groups in total.